The van der Waals surface area contributed by atoms with E-state index >= 15 is 0 Å². The molecule has 1 fully saturated rings. The fraction of sp³-hybridized carbons (Fsp3) is 0.538. The second-order valence-corrected chi connectivity index (χ2v) is 7.66. The zero-order valence-electron chi connectivity index (χ0n) is 12.9. The van der Waals surface area contributed by atoms with Crippen LogP contribution in [0.15, 0.2) is 17.2 Å². The fourth-order valence-electron chi connectivity index (χ4n) is 2.49. The minimum Gasteiger partial charge on any atom is -0.383 e. The van der Waals surface area contributed by atoms with Crippen LogP contribution in [-0.4, -0.2) is 49.8 Å². The standard InChI is InChI=1S/C13H20ClN5O3S.ClH/c14-10-6-11(12(16)18-7-10)23(21,22)19-5-1-2-9(8-19)13(20)17-4-3-15;/h6-7,9H,1-5,8,15H2,(H2,16,18)(H,17,20);1H. The number of amides is 1. The van der Waals surface area contributed by atoms with Gasteiger partial charge in [0.1, 0.15) is 10.7 Å². The summed E-state index contributed by atoms with van der Waals surface area (Å²) in [4.78, 5) is 15.7. The van der Waals surface area contributed by atoms with E-state index in [1.54, 1.807) is 0 Å². The highest BCUT2D eigenvalue weighted by Crippen LogP contribution is 2.27. The molecule has 0 aliphatic carbocycles. The van der Waals surface area contributed by atoms with E-state index in [4.69, 9.17) is 23.1 Å². The lowest BCUT2D eigenvalue weighted by Gasteiger charge is -2.31. The van der Waals surface area contributed by atoms with Crippen molar-refractivity contribution in [2.75, 3.05) is 31.9 Å². The minimum atomic E-state index is -3.85. The summed E-state index contributed by atoms with van der Waals surface area (Å²) in [7, 11) is -3.85. The molecule has 136 valence electrons. The second kappa shape index (κ2) is 8.82. The van der Waals surface area contributed by atoms with Crippen LogP contribution in [0.3, 0.4) is 0 Å². The first-order valence-electron chi connectivity index (χ1n) is 7.25. The van der Waals surface area contributed by atoms with Crippen LogP contribution in [0.4, 0.5) is 5.82 Å². The van der Waals surface area contributed by atoms with E-state index in [-0.39, 0.29) is 40.6 Å². The highest BCUT2D eigenvalue weighted by molar-refractivity contribution is 7.89. The smallest absolute Gasteiger partial charge is 0.246 e. The Balaban J connectivity index is 0.00000288. The van der Waals surface area contributed by atoms with Crippen molar-refractivity contribution in [3.8, 4) is 0 Å². The molecule has 0 bridgehead atoms. The third kappa shape index (κ3) is 4.70. The number of hydrogen-bond acceptors (Lipinski definition) is 6. The summed E-state index contributed by atoms with van der Waals surface area (Å²) in [5.74, 6) is -0.699. The van der Waals surface area contributed by atoms with Crippen molar-refractivity contribution >= 4 is 45.8 Å². The van der Waals surface area contributed by atoms with Crippen LogP contribution < -0.4 is 16.8 Å². The van der Waals surface area contributed by atoms with Crippen molar-refractivity contribution in [1.29, 1.82) is 0 Å². The van der Waals surface area contributed by atoms with Crippen molar-refractivity contribution in [1.82, 2.24) is 14.6 Å². The summed E-state index contributed by atoms with van der Waals surface area (Å²) in [5, 5.41) is 2.88. The van der Waals surface area contributed by atoms with Crippen molar-refractivity contribution in [2.24, 2.45) is 11.7 Å². The molecule has 1 saturated heterocycles. The molecule has 1 aliphatic heterocycles. The molecule has 11 heteroatoms. The molecule has 5 N–H and O–H groups in total. The maximum atomic E-state index is 12.7. The molecule has 1 amide bonds. The number of nitrogen functional groups attached to an aromatic ring is 1. The average molecular weight is 398 g/mol. The Hall–Kier alpha value is -1.13. The van der Waals surface area contributed by atoms with E-state index in [0.717, 1.165) is 0 Å². The van der Waals surface area contributed by atoms with E-state index in [1.165, 1.54) is 16.6 Å². The molecule has 0 aromatic carbocycles. The monoisotopic (exact) mass is 397 g/mol. The summed E-state index contributed by atoms with van der Waals surface area (Å²) in [6.45, 7) is 1.14. The summed E-state index contributed by atoms with van der Waals surface area (Å²) in [6, 6.07) is 1.28. The van der Waals surface area contributed by atoms with Crippen molar-refractivity contribution < 1.29 is 13.2 Å². The SMILES string of the molecule is Cl.NCCNC(=O)C1CCCN(S(=O)(=O)c2cc(Cl)cnc2N)C1. The van der Waals surface area contributed by atoms with Gasteiger partial charge in [-0.05, 0) is 18.9 Å². The zero-order valence-corrected chi connectivity index (χ0v) is 15.3. The lowest BCUT2D eigenvalue weighted by atomic mass is 9.99. The summed E-state index contributed by atoms with van der Waals surface area (Å²) >= 11 is 5.82. The number of piperidine rings is 1. The Kier molecular flexibility index (Phi) is 7.68. The van der Waals surface area contributed by atoms with Gasteiger partial charge in [-0.15, -0.1) is 12.4 Å². The van der Waals surface area contributed by atoms with Gasteiger partial charge in [0, 0.05) is 32.4 Å². The van der Waals surface area contributed by atoms with E-state index in [2.05, 4.69) is 10.3 Å². The summed E-state index contributed by atoms with van der Waals surface area (Å²) in [6.07, 6.45) is 2.51. The number of anilines is 1. The van der Waals surface area contributed by atoms with Gasteiger partial charge in [0.2, 0.25) is 15.9 Å². The lowest BCUT2D eigenvalue weighted by Crippen LogP contribution is -2.46. The van der Waals surface area contributed by atoms with Crippen molar-refractivity contribution in [3.63, 3.8) is 0 Å². The first-order valence-corrected chi connectivity index (χ1v) is 9.07. The van der Waals surface area contributed by atoms with Gasteiger partial charge in [-0.3, -0.25) is 4.79 Å². The lowest BCUT2D eigenvalue weighted by molar-refractivity contribution is -0.126. The molecule has 1 atom stereocenters. The molecular formula is C13H21Cl2N5O3S. The maximum Gasteiger partial charge on any atom is 0.246 e. The van der Waals surface area contributed by atoms with Crippen LogP contribution in [0.2, 0.25) is 5.02 Å². The number of aromatic nitrogens is 1. The number of pyridine rings is 1. The van der Waals surface area contributed by atoms with Crippen LogP contribution >= 0.6 is 24.0 Å². The number of sulfonamides is 1. The largest absolute Gasteiger partial charge is 0.383 e. The van der Waals surface area contributed by atoms with E-state index in [1.807, 2.05) is 0 Å². The van der Waals surface area contributed by atoms with Crippen molar-refractivity contribution in [2.45, 2.75) is 17.7 Å². The third-order valence-corrected chi connectivity index (χ3v) is 5.77. The molecule has 0 spiro atoms. The highest BCUT2D eigenvalue weighted by atomic mass is 35.5. The molecule has 8 nitrogen and oxygen atoms in total. The first-order chi connectivity index (χ1) is 10.9. The Bertz CT molecular complexity index is 686. The number of rotatable bonds is 5. The van der Waals surface area contributed by atoms with Gasteiger partial charge < -0.3 is 16.8 Å². The van der Waals surface area contributed by atoms with Gasteiger partial charge in [-0.1, -0.05) is 11.6 Å². The quantitative estimate of drug-likeness (QED) is 0.650. The molecule has 1 unspecified atom stereocenters. The Morgan fingerprint density at radius 3 is 2.88 bits per heavy atom. The average Bonchev–Trinajstić information content (AvgIpc) is 2.54. The number of nitrogens with one attached hydrogen (secondary N) is 1. The number of hydrogen-bond donors (Lipinski definition) is 3. The van der Waals surface area contributed by atoms with Crippen LogP contribution in [0, 0.1) is 5.92 Å². The maximum absolute atomic E-state index is 12.7. The topological polar surface area (TPSA) is 131 Å². The Morgan fingerprint density at radius 1 is 1.50 bits per heavy atom. The van der Waals surface area contributed by atoms with Crippen LogP contribution in [0.25, 0.3) is 0 Å². The van der Waals surface area contributed by atoms with Gasteiger partial charge in [-0.2, -0.15) is 4.31 Å². The Labute approximate surface area is 152 Å². The molecule has 1 aromatic heterocycles. The van der Waals surface area contributed by atoms with Crippen LogP contribution in [0.1, 0.15) is 12.8 Å². The number of carbonyl (C=O) groups excluding carboxylic acids is 1. The predicted molar refractivity (Wildman–Crippen MR) is 94.5 cm³/mol. The molecule has 0 radical (unpaired) electrons. The molecule has 0 saturated carbocycles. The van der Waals surface area contributed by atoms with E-state index < -0.39 is 15.9 Å². The molecule has 1 aromatic rings. The minimum absolute atomic E-state index is 0. The number of nitrogens with two attached hydrogens (primary N) is 2. The van der Waals surface area contributed by atoms with Gasteiger partial charge in [0.05, 0.1) is 10.9 Å². The Morgan fingerprint density at radius 2 is 2.21 bits per heavy atom. The summed E-state index contributed by atoms with van der Waals surface area (Å²) in [5.41, 5.74) is 11.0. The van der Waals surface area contributed by atoms with Gasteiger partial charge in [0.25, 0.3) is 0 Å². The molecule has 2 heterocycles. The molecule has 24 heavy (non-hydrogen) atoms. The fourth-order valence-corrected chi connectivity index (χ4v) is 4.33. The number of halogens is 2. The molecule has 1 aliphatic rings. The number of carbonyl (C=O) groups is 1. The zero-order chi connectivity index (χ0) is 17.0. The van der Waals surface area contributed by atoms with Gasteiger partial charge in [-0.25, -0.2) is 13.4 Å². The second-order valence-electron chi connectivity index (χ2n) is 5.32. The van der Waals surface area contributed by atoms with E-state index in [9.17, 15) is 13.2 Å². The normalized spacial score (nSPS) is 18.7. The van der Waals surface area contributed by atoms with E-state index in [0.29, 0.717) is 32.5 Å². The van der Waals surface area contributed by atoms with Crippen LogP contribution in [0.5, 0.6) is 0 Å². The highest BCUT2D eigenvalue weighted by Gasteiger charge is 2.34. The third-order valence-electron chi connectivity index (χ3n) is 3.66. The molecule has 2 rings (SSSR count). The first kappa shape index (κ1) is 20.9. The summed E-state index contributed by atoms with van der Waals surface area (Å²) < 4.78 is 26.7. The van der Waals surface area contributed by atoms with Gasteiger partial charge in [0.15, 0.2) is 0 Å². The predicted octanol–water partition coefficient (Wildman–Crippen LogP) is 0.215. The molecular weight excluding hydrogens is 377 g/mol. The van der Waals surface area contributed by atoms with Crippen molar-refractivity contribution in [3.05, 3.63) is 17.3 Å². The van der Waals surface area contributed by atoms with Crippen LogP contribution in [-0.2, 0) is 14.8 Å². The van der Waals surface area contributed by atoms with Gasteiger partial charge >= 0.3 is 0 Å². The number of nitrogens with zero attached hydrogens (tertiary/aromatic N) is 2.